The number of rotatable bonds is 3. The monoisotopic (exact) mass is 413 g/mol. The second kappa shape index (κ2) is 6.96. The van der Waals surface area contributed by atoms with Gasteiger partial charge in [0, 0.05) is 22.2 Å². The van der Waals surface area contributed by atoms with Gasteiger partial charge in [-0.1, -0.05) is 46.4 Å². The van der Waals surface area contributed by atoms with Gasteiger partial charge < -0.3 is 4.74 Å². The van der Waals surface area contributed by atoms with Gasteiger partial charge in [0.2, 0.25) is 5.90 Å². The molecule has 23 heavy (non-hydrogen) atoms. The van der Waals surface area contributed by atoms with Crippen LogP contribution < -0.4 is 0 Å². The van der Waals surface area contributed by atoms with Crippen molar-refractivity contribution in [3.8, 4) is 6.07 Å². The van der Waals surface area contributed by atoms with Crippen LogP contribution in [0.1, 0.15) is 24.2 Å². The summed E-state index contributed by atoms with van der Waals surface area (Å²) in [7, 11) is 0. The molecule has 0 aliphatic rings. The van der Waals surface area contributed by atoms with Gasteiger partial charge in [0.1, 0.15) is 12.2 Å². The van der Waals surface area contributed by atoms with E-state index >= 15 is 0 Å². The molecule has 0 saturated heterocycles. The normalized spacial score (nSPS) is 12.9. The second-order valence-corrected chi connectivity index (χ2v) is 7.78. The number of ether oxygens (including phenoxy) is 1. The molecule has 1 atom stereocenters. The molecule has 1 unspecified atom stereocenters. The van der Waals surface area contributed by atoms with Crippen LogP contribution >= 0.6 is 58.7 Å². The zero-order valence-electron chi connectivity index (χ0n) is 11.4. The highest BCUT2D eigenvalue weighted by molar-refractivity contribution is 7.92. The van der Waals surface area contributed by atoms with Gasteiger partial charge in [-0.2, -0.15) is 5.26 Å². The topological polar surface area (TPSA) is 61.8 Å². The maximum absolute atomic E-state index is 13.2. The summed E-state index contributed by atoms with van der Waals surface area (Å²) in [6, 6.07) is 5.08. The molecule has 10 heteroatoms. The van der Waals surface area contributed by atoms with E-state index in [9.17, 15) is 3.89 Å². The van der Waals surface area contributed by atoms with Crippen molar-refractivity contribution in [3.05, 3.63) is 34.5 Å². The molecule has 0 spiro atoms. The standard InChI is InChI=1S/C13H8Cl4FN3OS/c1-6(22-12(20)13(15,16)17)9-2-8(14)3-10-7(4-19)5-21(23-18)11(9)10/h2-3,5-6,20H,1H3. The zero-order chi connectivity index (χ0) is 17.4. The first-order chi connectivity index (χ1) is 10.7. The molecule has 0 radical (unpaired) electrons. The van der Waals surface area contributed by atoms with Crippen molar-refractivity contribution in [2.75, 3.05) is 0 Å². The molecule has 0 fully saturated rings. The first-order valence-electron chi connectivity index (χ1n) is 6.05. The van der Waals surface area contributed by atoms with E-state index in [1.807, 2.05) is 6.07 Å². The van der Waals surface area contributed by atoms with E-state index < -0.39 is 15.8 Å². The van der Waals surface area contributed by atoms with E-state index in [4.69, 9.17) is 61.8 Å². The molecular formula is C13H8Cl4FN3OS. The van der Waals surface area contributed by atoms with Crippen LogP contribution in [-0.2, 0) is 4.74 Å². The molecule has 0 bridgehead atoms. The zero-order valence-corrected chi connectivity index (χ0v) is 15.3. The number of hydrogen-bond donors (Lipinski definition) is 1. The molecule has 0 amide bonds. The second-order valence-electron chi connectivity index (χ2n) is 4.53. The Morgan fingerprint density at radius 1 is 1.48 bits per heavy atom. The highest BCUT2D eigenvalue weighted by Crippen LogP contribution is 2.37. The van der Waals surface area contributed by atoms with Gasteiger partial charge in [0.05, 0.1) is 11.1 Å². The Morgan fingerprint density at radius 3 is 2.65 bits per heavy atom. The van der Waals surface area contributed by atoms with E-state index in [0.29, 0.717) is 21.5 Å². The predicted molar refractivity (Wildman–Crippen MR) is 93.3 cm³/mol. The molecule has 4 nitrogen and oxygen atoms in total. The Bertz CT molecular complexity index is 812. The van der Waals surface area contributed by atoms with Gasteiger partial charge in [-0.15, -0.1) is 3.89 Å². The summed E-state index contributed by atoms with van der Waals surface area (Å²) in [5.41, 5.74) is 1.12. The van der Waals surface area contributed by atoms with Gasteiger partial charge in [0.25, 0.3) is 3.79 Å². The minimum atomic E-state index is -2.01. The number of benzene rings is 1. The molecule has 0 saturated carbocycles. The molecule has 1 heterocycles. The van der Waals surface area contributed by atoms with Crippen molar-refractivity contribution in [1.29, 1.82) is 10.7 Å². The van der Waals surface area contributed by atoms with Crippen LogP contribution in [0.2, 0.25) is 5.02 Å². The average molecular weight is 415 g/mol. The molecule has 2 rings (SSSR count). The molecule has 2 aromatic rings. The van der Waals surface area contributed by atoms with Gasteiger partial charge in [-0.3, -0.25) is 9.38 Å². The van der Waals surface area contributed by atoms with E-state index in [1.54, 1.807) is 19.1 Å². The smallest absolute Gasteiger partial charge is 0.265 e. The largest absolute Gasteiger partial charge is 0.470 e. The van der Waals surface area contributed by atoms with Crippen molar-refractivity contribution in [3.63, 3.8) is 0 Å². The van der Waals surface area contributed by atoms with Gasteiger partial charge in [-0.25, -0.2) is 0 Å². The number of nitriles is 1. The van der Waals surface area contributed by atoms with Crippen LogP contribution in [-0.4, -0.2) is 13.7 Å². The number of aromatic nitrogens is 1. The Morgan fingerprint density at radius 2 is 2.13 bits per heavy atom. The fourth-order valence-corrected chi connectivity index (χ4v) is 2.86. The number of nitrogens with zero attached hydrogens (tertiary/aromatic N) is 2. The Labute approximate surface area is 155 Å². The number of hydrogen-bond acceptors (Lipinski definition) is 4. The van der Waals surface area contributed by atoms with Crippen LogP contribution in [0.5, 0.6) is 0 Å². The highest BCUT2D eigenvalue weighted by atomic mass is 35.6. The van der Waals surface area contributed by atoms with Crippen LogP contribution in [0.4, 0.5) is 3.89 Å². The fraction of sp³-hybridized carbons (Fsp3) is 0.231. The molecule has 1 N–H and O–H groups in total. The number of fused-ring (bicyclic) bond motifs is 1. The molecule has 122 valence electrons. The summed E-state index contributed by atoms with van der Waals surface area (Å²) < 4.78 is 17.7. The van der Waals surface area contributed by atoms with Crippen LogP contribution in [0, 0.1) is 16.7 Å². The van der Waals surface area contributed by atoms with Gasteiger partial charge in [-0.05, 0) is 19.1 Å². The summed E-state index contributed by atoms with van der Waals surface area (Å²) in [4.78, 5) is 0. The third-order valence-electron chi connectivity index (χ3n) is 3.05. The summed E-state index contributed by atoms with van der Waals surface area (Å²) in [6.45, 7) is 1.60. The number of halogens is 5. The maximum atomic E-state index is 13.2. The predicted octanol–water partition coefficient (Wildman–Crippen LogP) is 5.97. The lowest BCUT2D eigenvalue weighted by molar-refractivity contribution is 0.207. The first-order valence-corrected chi connectivity index (χ1v) is 8.23. The third kappa shape index (κ3) is 3.81. The van der Waals surface area contributed by atoms with Crippen LogP contribution in [0.25, 0.3) is 10.9 Å². The van der Waals surface area contributed by atoms with Crippen molar-refractivity contribution >= 4 is 75.5 Å². The molecule has 0 aliphatic carbocycles. The van der Waals surface area contributed by atoms with E-state index in [-0.39, 0.29) is 17.9 Å². The summed E-state index contributed by atoms with van der Waals surface area (Å²) in [6.07, 6.45) is 0.592. The minimum absolute atomic E-state index is 0.0686. The van der Waals surface area contributed by atoms with Crippen LogP contribution in [0.15, 0.2) is 18.3 Å². The number of nitrogens with one attached hydrogen (secondary N) is 1. The summed E-state index contributed by atoms with van der Waals surface area (Å²) >= 11 is 22.8. The molecular weight excluding hydrogens is 407 g/mol. The van der Waals surface area contributed by atoms with E-state index in [1.165, 1.54) is 10.2 Å². The Hall–Kier alpha value is -0.840. The molecule has 1 aromatic carbocycles. The van der Waals surface area contributed by atoms with Crippen molar-refractivity contribution in [2.24, 2.45) is 0 Å². The van der Waals surface area contributed by atoms with Crippen LogP contribution in [0.3, 0.4) is 0 Å². The third-order valence-corrected chi connectivity index (χ3v) is 4.22. The fourth-order valence-electron chi connectivity index (χ4n) is 2.08. The Balaban J connectivity index is 2.58. The maximum Gasteiger partial charge on any atom is 0.265 e. The van der Waals surface area contributed by atoms with E-state index in [2.05, 4.69) is 0 Å². The lowest BCUT2D eigenvalue weighted by Gasteiger charge is -2.20. The Kier molecular flexibility index (Phi) is 5.59. The summed E-state index contributed by atoms with van der Waals surface area (Å²) in [5, 5.41) is 17.6. The molecule has 1 aromatic heterocycles. The van der Waals surface area contributed by atoms with Gasteiger partial charge in [0.15, 0.2) is 12.3 Å². The van der Waals surface area contributed by atoms with Crippen molar-refractivity contribution in [2.45, 2.75) is 16.8 Å². The minimum Gasteiger partial charge on any atom is -0.470 e. The average Bonchev–Trinajstić information content (AvgIpc) is 2.82. The van der Waals surface area contributed by atoms with Gasteiger partial charge >= 0.3 is 0 Å². The lowest BCUT2D eigenvalue weighted by atomic mass is 10.1. The first kappa shape index (κ1) is 18.5. The SMILES string of the molecule is CC(OC(=N)C(Cl)(Cl)Cl)c1cc(Cl)cc2c(C#N)cn(SF)c12. The van der Waals surface area contributed by atoms with Crippen molar-refractivity contribution < 1.29 is 8.62 Å². The van der Waals surface area contributed by atoms with E-state index in [0.717, 1.165) is 0 Å². The molecule has 0 aliphatic heterocycles. The quantitative estimate of drug-likeness (QED) is 0.382. The number of alkyl halides is 3. The highest BCUT2D eigenvalue weighted by Gasteiger charge is 2.31. The van der Waals surface area contributed by atoms with Crippen molar-refractivity contribution in [1.82, 2.24) is 3.97 Å². The summed E-state index contributed by atoms with van der Waals surface area (Å²) in [5.74, 6) is -0.574. The lowest BCUT2D eigenvalue weighted by Crippen LogP contribution is -2.22.